The molecular weight excluding hydrogens is 364 g/mol. The van der Waals surface area contributed by atoms with E-state index in [0.717, 1.165) is 48.9 Å². The lowest BCUT2D eigenvalue weighted by Gasteiger charge is -2.35. The molecule has 7 heteroatoms. The predicted octanol–water partition coefficient (Wildman–Crippen LogP) is 3.07. The zero-order valence-corrected chi connectivity index (χ0v) is 16.7. The number of hydrogen-bond acceptors (Lipinski definition) is 6. The minimum absolute atomic E-state index is 0.181. The highest BCUT2D eigenvalue weighted by Crippen LogP contribution is 2.18. The van der Waals surface area contributed by atoms with Gasteiger partial charge in [-0.1, -0.05) is 12.1 Å². The molecule has 148 valence electrons. The number of nitrogens with zero attached hydrogens (tertiary/aromatic N) is 5. The fourth-order valence-corrected chi connectivity index (χ4v) is 3.34. The summed E-state index contributed by atoms with van der Waals surface area (Å²) in [5, 5.41) is 11.3. The Kier molecular flexibility index (Phi) is 5.37. The Morgan fingerprint density at radius 1 is 0.862 bits per heavy atom. The Morgan fingerprint density at radius 3 is 2.24 bits per heavy atom. The molecule has 1 fully saturated rings. The molecule has 0 bridgehead atoms. The molecule has 3 heterocycles. The van der Waals surface area contributed by atoms with E-state index in [-0.39, 0.29) is 5.91 Å². The number of aromatic nitrogens is 3. The monoisotopic (exact) mass is 388 g/mol. The number of hydrogen-bond donors (Lipinski definition) is 1. The van der Waals surface area contributed by atoms with E-state index in [1.165, 1.54) is 0 Å². The lowest BCUT2D eigenvalue weighted by Crippen LogP contribution is -2.47. The van der Waals surface area contributed by atoms with Gasteiger partial charge in [-0.3, -0.25) is 4.79 Å². The van der Waals surface area contributed by atoms with Crippen molar-refractivity contribution in [1.29, 1.82) is 0 Å². The van der Waals surface area contributed by atoms with E-state index in [9.17, 15) is 4.79 Å². The average Bonchev–Trinajstić information content (AvgIpc) is 2.77. The minimum atomic E-state index is -0.181. The van der Waals surface area contributed by atoms with Crippen LogP contribution in [0.3, 0.4) is 0 Å². The number of carbonyl (C=O) groups excluding carboxylic acids is 1. The first kappa shape index (κ1) is 18.9. The van der Waals surface area contributed by atoms with E-state index in [2.05, 4.69) is 30.3 Å². The van der Waals surface area contributed by atoms with Crippen molar-refractivity contribution < 1.29 is 4.79 Å². The first-order valence-corrected chi connectivity index (χ1v) is 9.73. The number of rotatable bonds is 4. The molecule has 7 nitrogen and oxygen atoms in total. The number of amides is 1. The number of piperazine rings is 1. The van der Waals surface area contributed by atoms with Crippen LogP contribution in [0.2, 0.25) is 0 Å². The molecule has 29 heavy (non-hydrogen) atoms. The van der Waals surface area contributed by atoms with Gasteiger partial charge in [-0.2, -0.15) is 0 Å². The highest BCUT2D eigenvalue weighted by atomic mass is 16.1. The van der Waals surface area contributed by atoms with Crippen LogP contribution in [0.1, 0.15) is 21.5 Å². The Hall–Kier alpha value is -3.48. The molecule has 3 aromatic rings. The number of anilines is 3. The van der Waals surface area contributed by atoms with Gasteiger partial charge in [0.05, 0.1) is 0 Å². The summed E-state index contributed by atoms with van der Waals surface area (Å²) in [4.78, 5) is 21.3. The zero-order chi connectivity index (χ0) is 20.2. The average molecular weight is 388 g/mol. The van der Waals surface area contributed by atoms with Gasteiger partial charge in [-0.15, -0.1) is 10.2 Å². The summed E-state index contributed by atoms with van der Waals surface area (Å²) in [6.07, 6.45) is 1.82. The van der Waals surface area contributed by atoms with Crippen molar-refractivity contribution in [1.82, 2.24) is 15.2 Å². The lowest BCUT2D eigenvalue weighted by atomic mass is 10.1. The van der Waals surface area contributed by atoms with Crippen LogP contribution in [0, 0.1) is 13.8 Å². The molecule has 0 aliphatic carbocycles. The molecule has 4 rings (SSSR count). The third-order valence-corrected chi connectivity index (χ3v) is 5.24. The molecule has 1 saturated heterocycles. The summed E-state index contributed by atoms with van der Waals surface area (Å²) >= 11 is 0. The summed E-state index contributed by atoms with van der Waals surface area (Å²) in [5.74, 6) is 2.08. The van der Waals surface area contributed by atoms with E-state index in [0.29, 0.717) is 11.4 Å². The molecule has 1 aliphatic rings. The van der Waals surface area contributed by atoms with Gasteiger partial charge in [0, 0.05) is 37.9 Å². The highest BCUT2D eigenvalue weighted by molar-refractivity contribution is 6.03. The van der Waals surface area contributed by atoms with Crippen LogP contribution in [0.5, 0.6) is 0 Å². The fraction of sp³-hybridized carbons (Fsp3) is 0.273. The molecule has 1 N–H and O–H groups in total. The second kappa shape index (κ2) is 8.26. The van der Waals surface area contributed by atoms with Gasteiger partial charge < -0.3 is 15.1 Å². The van der Waals surface area contributed by atoms with Crippen molar-refractivity contribution in [3.63, 3.8) is 0 Å². The van der Waals surface area contributed by atoms with Crippen LogP contribution in [0.25, 0.3) is 0 Å². The van der Waals surface area contributed by atoms with Gasteiger partial charge in [-0.25, -0.2) is 4.98 Å². The molecule has 0 radical (unpaired) electrons. The molecule has 1 aliphatic heterocycles. The summed E-state index contributed by atoms with van der Waals surface area (Å²) in [6, 6.07) is 15.3. The van der Waals surface area contributed by atoms with Crippen LogP contribution < -0.4 is 15.1 Å². The molecule has 0 spiro atoms. The Bertz CT molecular complexity index is 982. The maximum absolute atomic E-state index is 12.4. The first-order valence-electron chi connectivity index (χ1n) is 9.73. The highest BCUT2D eigenvalue weighted by Gasteiger charge is 2.19. The van der Waals surface area contributed by atoms with Gasteiger partial charge in [0.2, 0.25) is 0 Å². The fourth-order valence-electron chi connectivity index (χ4n) is 3.34. The van der Waals surface area contributed by atoms with Crippen molar-refractivity contribution in [3.8, 4) is 0 Å². The molecule has 1 aromatic carbocycles. The number of pyridine rings is 1. The molecule has 1 amide bonds. The van der Waals surface area contributed by atoms with E-state index >= 15 is 0 Å². The summed E-state index contributed by atoms with van der Waals surface area (Å²) in [5.41, 5.74) is 2.86. The van der Waals surface area contributed by atoms with E-state index in [4.69, 9.17) is 0 Å². The van der Waals surface area contributed by atoms with E-state index in [1.807, 2.05) is 62.5 Å². The second-order valence-electron chi connectivity index (χ2n) is 7.19. The van der Waals surface area contributed by atoms with Crippen LogP contribution in [-0.2, 0) is 0 Å². The van der Waals surface area contributed by atoms with Crippen LogP contribution in [0.4, 0.5) is 17.5 Å². The van der Waals surface area contributed by atoms with Crippen molar-refractivity contribution in [3.05, 3.63) is 71.4 Å². The van der Waals surface area contributed by atoms with Gasteiger partial charge in [-0.05, 0) is 61.4 Å². The van der Waals surface area contributed by atoms with Gasteiger partial charge in [0.25, 0.3) is 5.91 Å². The van der Waals surface area contributed by atoms with Crippen molar-refractivity contribution in [2.75, 3.05) is 41.3 Å². The van der Waals surface area contributed by atoms with E-state index < -0.39 is 0 Å². The molecular formula is C22H24N6O. The molecule has 0 atom stereocenters. The third kappa shape index (κ3) is 4.34. The second-order valence-corrected chi connectivity index (χ2v) is 7.19. The smallest absolute Gasteiger partial charge is 0.256 e. The van der Waals surface area contributed by atoms with Gasteiger partial charge in [0.1, 0.15) is 5.82 Å². The Balaban J connectivity index is 1.36. The number of benzene rings is 1. The zero-order valence-electron chi connectivity index (χ0n) is 16.7. The molecule has 0 unspecified atom stereocenters. The maximum Gasteiger partial charge on any atom is 0.256 e. The number of nitrogens with one attached hydrogen (secondary N) is 1. The largest absolute Gasteiger partial charge is 0.353 e. The standard InChI is InChI=1S/C22H24N6O/c1-16-6-7-18(15-17(16)2)22(29)24-19-8-9-21(26-25-19)28-13-11-27(12-14-28)20-5-3-4-10-23-20/h3-10,15H,11-14H2,1-2H3,(H,24,25,29). The third-order valence-electron chi connectivity index (χ3n) is 5.24. The first-order chi connectivity index (χ1) is 14.1. The Labute approximate surface area is 170 Å². The number of carbonyl (C=O) groups is 1. The SMILES string of the molecule is Cc1ccc(C(=O)Nc2ccc(N3CCN(c4ccccn4)CC3)nn2)cc1C. The van der Waals surface area contributed by atoms with Crippen molar-refractivity contribution in [2.45, 2.75) is 13.8 Å². The summed E-state index contributed by atoms with van der Waals surface area (Å²) in [6.45, 7) is 7.47. The molecule has 2 aromatic heterocycles. The quantitative estimate of drug-likeness (QED) is 0.740. The normalized spacial score (nSPS) is 14.0. The summed E-state index contributed by atoms with van der Waals surface area (Å²) in [7, 11) is 0. The van der Waals surface area contributed by atoms with E-state index in [1.54, 1.807) is 6.07 Å². The van der Waals surface area contributed by atoms with Crippen LogP contribution in [0.15, 0.2) is 54.7 Å². The number of aryl methyl sites for hydroxylation is 2. The predicted molar refractivity (Wildman–Crippen MR) is 115 cm³/mol. The van der Waals surface area contributed by atoms with Crippen molar-refractivity contribution in [2.24, 2.45) is 0 Å². The van der Waals surface area contributed by atoms with Crippen molar-refractivity contribution >= 4 is 23.4 Å². The Morgan fingerprint density at radius 2 is 1.62 bits per heavy atom. The maximum atomic E-state index is 12.4. The van der Waals surface area contributed by atoms with Gasteiger partial charge in [0.15, 0.2) is 11.6 Å². The lowest BCUT2D eigenvalue weighted by molar-refractivity contribution is 0.102. The van der Waals surface area contributed by atoms with Crippen LogP contribution >= 0.6 is 0 Å². The van der Waals surface area contributed by atoms with Crippen LogP contribution in [-0.4, -0.2) is 47.3 Å². The topological polar surface area (TPSA) is 74.2 Å². The van der Waals surface area contributed by atoms with Gasteiger partial charge >= 0.3 is 0 Å². The summed E-state index contributed by atoms with van der Waals surface area (Å²) < 4.78 is 0. The minimum Gasteiger partial charge on any atom is -0.353 e. The molecule has 0 saturated carbocycles.